The predicted octanol–water partition coefficient (Wildman–Crippen LogP) is 0.255. The highest BCUT2D eigenvalue weighted by molar-refractivity contribution is 8.00. The van der Waals surface area contributed by atoms with Gasteiger partial charge < -0.3 is 20.6 Å². The van der Waals surface area contributed by atoms with Crippen LogP contribution in [0.25, 0.3) is 0 Å². The molecule has 0 aromatic heterocycles. The highest BCUT2D eigenvalue weighted by Gasteiger charge is 2.42. The van der Waals surface area contributed by atoms with Gasteiger partial charge in [-0.25, -0.2) is 4.79 Å². The minimum atomic E-state index is -0.997. The van der Waals surface area contributed by atoms with E-state index in [1.165, 1.54) is 11.9 Å². The molecule has 0 saturated carbocycles. The maximum absolute atomic E-state index is 11.7. The number of aliphatic carboxylic acids is 1. The summed E-state index contributed by atoms with van der Waals surface area (Å²) in [6, 6.07) is 0.351. The number of hydrogen-bond donors (Lipinski definition) is 3. The molecule has 7 nitrogen and oxygen atoms in total. The van der Waals surface area contributed by atoms with Crippen LogP contribution in [0.15, 0.2) is 0 Å². The van der Waals surface area contributed by atoms with E-state index in [0.29, 0.717) is 11.7 Å². The smallest absolute Gasteiger partial charge is 0.323 e. The van der Waals surface area contributed by atoms with Crippen molar-refractivity contribution in [3.05, 3.63) is 0 Å². The van der Waals surface area contributed by atoms with Crippen molar-refractivity contribution in [1.82, 2.24) is 15.5 Å². The van der Waals surface area contributed by atoms with Crippen molar-refractivity contribution in [3.63, 3.8) is 0 Å². The fourth-order valence-electron chi connectivity index (χ4n) is 2.75. The first-order valence-electron chi connectivity index (χ1n) is 7.12. The van der Waals surface area contributed by atoms with Crippen molar-refractivity contribution in [1.29, 1.82) is 0 Å². The number of hydrogen-bond acceptors (Lipinski definition) is 4. The third-order valence-corrected chi connectivity index (χ3v) is 5.37. The molecule has 2 saturated heterocycles. The Morgan fingerprint density at radius 2 is 2.14 bits per heavy atom. The molecule has 0 aromatic carbocycles. The Bertz CT molecular complexity index is 432. The van der Waals surface area contributed by atoms with Gasteiger partial charge in [0, 0.05) is 24.5 Å². The van der Waals surface area contributed by atoms with Crippen molar-refractivity contribution in [3.8, 4) is 0 Å². The van der Waals surface area contributed by atoms with Crippen molar-refractivity contribution in [2.24, 2.45) is 0 Å². The lowest BCUT2D eigenvalue weighted by molar-refractivity contribution is -0.143. The molecular formula is C13H21N3O4S. The van der Waals surface area contributed by atoms with E-state index in [-0.39, 0.29) is 30.6 Å². The molecule has 2 heterocycles. The molecule has 3 N–H and O–H groups in total. The van der Waals surface area contributed by atoms with Crippen LogP contribution in [0.4, 0.5) is 4.79 Å². The number of carboxylic acid groups (broad SMARTS) is 1. The topological polar surface area (TPSA) is 98.7 Å². The molecule has 0 radical (unpaired) electrons. The Hall–Kier alpha value is -1.44. The summed E-state index contributed by atoms with van der Waals surface area (Å²) in [7, 11) is 1.51. The number of amides is 3. The lowest BCUT2D eigenvalue weighted by atomic mass is 10.0. The van der Waals surface area contributed by atoms with E-state index < -0.39 is 5.97 Å². The predicted molar refractivity (Wildman–Crippen MR) is 79.2 cm³/mol. The van der Waals surface area contributed by atoms with Crippen LogP contribution in [0, 0.1) is 0 Å². The van der Waals surface area contributed by atoms with Crippen LogP contribution in [0.3, 0.4) is 0 Å². The standard InChI is InChI=1S/C13H21N3O4S/c1-16(6-11(18)19)10(17)5-3-2-4-9-12-8(7-21-9)14-13(20)15-12/h8-9,12H,2-7H2,1H3,(H,18,19)(H2,14,15,20)/t8-,9-,12+/m1/s1. The van der Waals surface area contributed by atoms with Crippen molar-refractivity contribution in [2.75, 3.05) is 19.3 Å². The van der Waals surface area contributed by atoms with E-state index in [1.807, 2.05) is 11.8 Å². The highest BCUT2D eigenvalue weighted by Crippen LogP contribution is 2.33. The molecule has 0 bridgehead atoms. The average molecular weight is 315 g/mol. The zero-order valence-corrected chi connectivity index (χ0v) is 12.8. The number of rotatable bonds is 7. The summed E-state index contributed by atoms with van der Waals surface area (Å²) in [6.45, 7) is -0.251. The number of fused-ring (bicyclic) bond motifs is 1. The lowest BCUT2D eigenvalue weighted by Crippen LogP contribution is -2.36. The molecule has 0 aromatic rings. The summed E-state index contributed by atoms with van der Waals surface area (Å²) < 4.78 is 0. The van der Waals surface area contributed by atoms with Gasteiger partial charge in [-0.15, -0.1) is 0 Å². The Balaban J connectivity index is 1.63. The van der Waals surface area contributed by atoms with Crippen LogP contribution in [0.1, 0.15) is 25.7 Å². The van der Waals surface area contributed by atoms with Crippen LogP contribution >= 0.6 is 11.8 Å². The van der Waals surface area contributed by atoms with Gasteiger partial charge in [-0.3, -0.25) is 9.59 Å². The van der Waals surface area contributed by atoms with E-state index in [2.05, 4.69) is 10.6 Å². The fourth-order valence-corrected chi connectivity index (χ4v) is 4.29. The van der Waals surface area contributed by atoms with Crippen molar-refractivity contribution < 1.29 is 19.5 Å². The molecule has 0 spiro atoms. The Morgan fingerprint density at radius 3 is 2.86 bits per heavy atom. The van der Waals surface area contributed by atoms with Gasteiger partial charge in [0.2, 0.25) is 5.91 Å². The third-order valence-electron chi connectivity index (χ3n) is 3.87. The monoisotopic (exact) mass is 315 g/mol. The number of unbranched alkanes of at least 4 members (excludes halogenated alkanes) is 1. The van der Waals surface area contributed by atoms with Crippen LogP contribution in [-0.4, -0.2) is 64.6 Å². The van der Waals surface area contributed by atoms with Crippen LogP contribution in [0.5, 0.6) is 0 Å². The molecular weight excluding hydrogens is 294 g/mol. The van der Waals surface area contributed by atoms with E-state index >= 15 is 0 Å². The third kappa shape index (κ3) is 4.26. The molecule has 0 aliphatic carbocycles. The normalized spacial score (nSPS) is 26.9. The zero-order chi connectivity index (χ0) is 15.4. The van der Waals surface area contributed by atoms with Crippen LogP contribution in [0.2, 0.25) is 0 Å². The number of carboxylic acids is 1. The molecule has 2 rings (SSSR count). The van der Waals surface area contributed by atoms with Gasteiger partial charge in [0.15, 0.2) is 0 Å². The Kier molecular flexibility index (Phi) is 5.33. The summed E-state index contributed by atoms with van der Waals surface area (Å²) in [5.41, 5.74) is 0. The van der Waals surface area contributed by atoms with Gasteiger partial charge >= 0.3 is 12.0 Å². The van der Waals surface area contributed by atoms with Gasteiger partial charge in [0.05, 0.1) is 12.1 Å². The van der Waals surface area contributed by atoms with Gasteiger partial charge in [-0.2, -0.15) is 11.8 Å². The number of carbonyl (C=O) groups is 3. The van der Waals surface area contributed by atoms with Gasteiger partial charge in [-0.1, -0.05) is 6.42 Å². The Labute approximate surface area is 127 Å². The summed E-state index contributed by atoms with van der Waals surface area (Å²) in [5.74, 6) is -0.192. The first kappa shape index (κ1) is 15.9. The van der Waals surface area contributed by atoms with E-state index in [1.54, 1.807) is 0 Å². The van der Waals surface area contributed by atoms with Crippen LogP contribution in [-0.2, 0) is 9.59 Å². The van der Waals surface area contributed by atoms with E-state index in [0.717, 1.165) is 25.0 Å². The summed E-state index contributed by atoms with van der Waals surface area (Å²) in [4.78, 5) is 34.7. The fraction of sp³-hybridized carbons (Fsp3) is 0.769. The minimum absolute atomic E-state index is 0.0826. The maximum atomic E-state index is 11.7. The molecule has 2 aliphatic rings. The van der Waals surface area contributed by atoms with Crippen molar-refractivity contribution in [2.45, 2.75) is 43.0 Å². The first-order valence-corrected chi connectivity index (χ1v) is 8.16. The van der Waals surface area contributed by atoms with Gasteiger partial charge in [-0.05, 0) is 12.8 Å². The summed E-state index contributed by atoms with van der Waals surface area (Å²) in [6.07, 6.45) is 2.99. The quantitative estimate of drug-likeness (QED) is 0.462. The number of urea groups is 1. The second-order valence-corrected chi connectivity index (χ2v) is 6.78. The zero-order valence-electron chi connectivity index (χ0n) is 12.0. The molecule has 2 aliphatic heterocycles. The number of nitrogens with zero attached hydrogens (tertiary/aromatic N) is 1. The molecule has 21 heavy (non-hydrogen) atoms. The number of likely N-dealkylation sites (N-methyl/N-ethyl adjacent to an activating group) is 1. The number of nitrogens with one attached hydrogen (secondary N) is 2. The first-order chi connectivity index (χ1) is 9.97. The molecule has 118 valence electrons. The van der Waals surface area contributed by atoms with E-state index in [9.17, 15) is 14.4 Å². The van der Waals surface area contributed by atoms with E-state index in [4.69, 9.17) is 5.11 Å². The molecule has 3 amide bonds. The molecule has 3 atom stereocenters. The number of thioether (sulfide) groups is 1. The molecule has 2 fully saturated rings. The second-order valence-electron chi connectivity index (χ2n) is 5.51. The molecule has 0 unspecified atom stereocenters. The number of carbonyl (C=O) groups excluding carboxylic acids is 2. The summed E-state index contributed by atoms with van der Waals surface area (Å²) >= 11 is 1.86. The largest absolute Gasteiger partial charge is 0.480 e. The van der Waals surface area contributed by atoms with Gasteiger partial charge in [0.25, 0.3) is 0 Å². The minimum Gasteiger partial charge on any atom is -0.480 e. The average Bonchev–Trinajstić information content (AvgIpc) is 2.93. The second kappa shape index (κ2) is 7.02. The maximum Gasteiger partial charge on any atom is 0.323 e. The lowest BCUT2D eigenvalue weighted by Gasteiger charge is -2.17. The summed E-state index contributed by atoms with van der Waals surface area (Å²) in [5, 5.41) is 14.9. The van der Waals surface area contributed by atoms with Crippen molar-refractivity contribution >= 4 is 29.7 Å². The SMILES string of the molecule is CN(CC(=O)O)C(=O)CCCC[C@H]1SC[C@H]2NC(=O)N[C@@H]21. The Morgan fingerprint density at radius 1 is 1.38 bits per heavy atom. The molecule has 8 heteroatoms. The van der Waals surface area contributed by atoms with Crippen LogP contribution < -0.4 is 10.6 Å². The highest BCUT2D eigenvalue weighted by atomic mass is 32.2. The van der Waals surface area contributed by atoms with Gasteiger partial charge in [0.1, 0.15) is 6.54 Å².